The quantitative estimate of drug-likeness (QED) is 0.102. The zero-order valence-electron chi connectivity index (χ0n) is 28.6. The molecule has 3 N–H and O–H groups in total. The van der Waals surface area contributed by atoms with Crippen LogP contribution in [0.15, 0.2) is 12.2 Å². The molecule has 44 heavy (non-hydrogen) atoms. The Balaban J connectivity index is 1.50. The highest BCUT2D eigenvalue weighted by atomic mass is 16.7. The molecule has 2 unspecified atom stereocenters. The van der Waals surface area contributed by atoms with E-state index in [-0.39, 0.29) is 36.7 Å². The lowest BCUT2D eigenvalue weighted by atomic mass is 9.85. The van der Waals surface area contributed by atoms with Crippen LogP contribution in [0.25, 0.3) is 0 Å². The minimum atomic E-state index is -0.818. The number of nitrogens with zero attached hydrogens (tertiary/aromatic N) is 1. The summed E-state index contributed by atoms with van der Waals surface area (Å²) in [5, 5.41) is 7.85. The van der Waals surface area contributed by atoms with Crippen LogP contribution >= 0.6 is 0 Å². The summed E-state index contributed by atoms with van der Waals surface area (Å²) in [5.74, 6) is -1.10. The number of hydrazine groups is 1. The van der Waals surface area contributed by atoms with Crippen molar-refractivity contribution in [3.8, 4) is 0 Å². The predicted octanol–water partition coefficient (Wildman–Crippen LogP) is 6.32. The van der Waals surface area contributed by atoms with Crippen LogP contribution in [0, 0.1) is 5.41 Å². The van der Waals surface area contributed by atoms with Crippen molar-refractivity contribution in [2.45, 2.75) is 162 Å². The van der Waals surface area contributed by atoms with Crippen LogP contribution in [0.4, 0.5) is 0 Å². The van der Waals surface area contributed by atoms with Crippen molar-refractivity contribution < 1.29 is 23.9 Å². The molecule has 2 aliphatic rings. The van der Waals surface area contributed by atoms with Crippen LogP contribution in [-0.4, -0.2) is 66.9 Å². The maximum Gasteiger partial charge on any atom is 0.249 e. The molecule has 3 amide bonds. The standard InChI is InChI=1S/C35H64N4O5/c1-6-7-8-9-10-11-12-13-14-15-16-17-18-19-20-23-31(41)38-39-26-21-22-29(27-39)37-30(40)24-25-36-33(42)32-34(2,3)28-43-35(4,5)44-32/h13-14,29,32H,6-12,15-28H2,1-5H3,(H,36,42)(H,37,40)(H,38,41)/b14-13+. The fraction of sp³-hybridized carbons (Fsp3) is 0.857. The molecule has 2 heterocycles. The number of hydrogen-bond acceptors (Lipinski definition) is 6. The van der Waals surface area contributed by atoms with Gasteiger partial charge in [0.15, 0.2) is 5.79 Å². The summed E-state index contributed by atoms with van der Waals surface area (Å²) in [6.07, 6.45) is 22.7. The average Bonchev–Trinajstić information content (AvgIpc) is 2.96. The van der Waals surface area contributed by atoms with Gasteiger partial charge < -0.3 is 20.1 Å². The molecule has 254 valence electrons. The summed E-state index contributed by atoms with van der Waals surface area (Å²) in [4.78, 5) is 37.8. The topological polar surface area (TPSA) is 109 Å². The Morgan fingerprint density at radius 2 is 1.48 bits per heavy atom. The summed E-state index contributed by atoms with van der Waals surface area (Å²) in [5.41, 5.74) is 2.58. The van der Waals surface area contributed by atoms with E-state index < -0.39 is 17.3 Å². The van der Waals surface area contributed by atoms with E-state index in [1.165, 1.54) is 70.6 Å². The molecule has 2 atom stereocenters. The fourth-order valence-corrected chi connectivity index (χ4v) is 5.80. The van der Waals surface area contributed by atoms with Gasteiger partial charge >= 0.3 is 0 Å². The Kier molecular flexibility index (Phi) is 18.2. The Bertz CT molecular complexity index is 875. The number of ether oxygens (including phenoxy) is 2. The van der Waals surface area contributed by atoms with Gasteiger partial charge in [-0.15, -0.1) is 0 Å². The van der Waals surface area contributed by atoms with Crippen LogP contribution in [0.2, 0.25) is 0 Å². The van der Waals surface area contributed by atoms with Gasteiger partial charge in [0, 0.05) is 43.9 Å². The maximum atomic E-state index is 12.8. The van der Waals surface area contributed by atoms with Gasteiger partial charge in [-0.3, -0.25) is 19.8 Å². The number of rotatable bonds is 21. The average molecular weight is 621 g/mol. The van der Waals surface area contributed by atoms with E-state index in [1.807, 2.05) is 18.9 Å². The minimum absolute atomic E-state index is 0.0225. The van der Waals surface area contributed by atoms with Gasteiger partial charge in [0.05, 0.1) is 6.61 Å². The van der Waals surface area contributed by atoms with Gasteiger partial charge in [-0.25, -0.2) is 5.01 Å². The molecular weight excluding hydrogens is 556 g/mol. The first-order valence-electron chi connectivity index (χ1n) is 17.6. The monoisotopic (exact) mass is 620 g/mol. The molecule has 9 nitrogen and oxygen atoms in total. The Morgan fingerprint density at radius 1 is 0.841 bits per heavy atom. The number of carbonyl (C=O) groups excluding carboxylic acids is 3. The number of allylic oxidation sites excluding steroid dienone is 2. The van der Waals surface area contributed by atoms with E-state index in [0.29, 0.717) is 19.6 Å². The highest BCUT2D eigenvalue weighted by molar-refractivity contribution is 5.83. The van der Waals surface area contributed by atoms with E-state index in [9.17, 15) is 14.4 Å². The van der Waals surface area contributed by atoms with Crippen LogP contribution in [0.5, 0.6) is 0 Å². The van der Waals surface area contributed by atoms with Crippen LogP contribution in [-0.2, 0) is 23.9 Å². The van der Waals surface area contributed by atoms with Gasteiger partial charge in [0.2, 0.25) is 17.7 Å². The van der Waals surface area contributed by atoms with Crippen LogP contribution < -0.4 is 16.1 Å². The second kappa shape index (κ2) is 20.9. The summed E-state index contributed by atoms with van der Waals surface area (Å²) in [6, 6.07) is -0.0225. The molecule has 0 aromatic rings. The molecule has 9 heteroatoms. The van der Waals surface area contributed by atoms with E-state index >= 15 is 0 Å². The molecule has 2 aliphatic heterocycles. The molecule has 2 rings (SSSR count). The van der Waals surface area contributed by atoms with Crippen molar-refractivity contribution in [1.29, 1.82) is 0 Å². The third-order valence-electron chi connectivity index (χ3n) is 8.53. The predicted molar refractivity (Wildman–Crippen MR) is 177 cm³/mol. The zero-order valence-corrected chi connectivity index (χ0v) is 28.6. The van der Waals surface area contributed by atoms with Crippen LogP contribution in [0.1, 0.15) is 144 Å². The third kappa shape index (κ3) is 16.4. The van der Waals surface area contributed by atoms with Crippen molar-refractivity contribution in [2.24, 2.45) is 5.41 Å². The first kappa shape index (κ1) is 38.2. The van der Waals surface area contributed by atoms with Crippen LogP contribution in [0.3, 0.4) is 0 Å². The minimum Gasteiger partial charge on any atom is -0.353 e. The maximum absolute atomic E-state index is 12.8. The van der Waals surface area contributed by atoms with E-state index in [2.05, 4.69) is 35.1 Å². The highest BCUT2D eigenvalue weighted by Gasteiger charge is 2.45. The van der Waals surface area contributed by atoms with E-state index in [4.69, 9.17) is 9.47 Å². The number of hydrogen-bond donors (Lipinski definition) is 3. The number of nitrogens with one attached hydrogen (secondary N) is 3. The molecule has 0 radical (unpaired) electrons. The Morgan fingerprint density at radius 3 is 2.16 bits per heavy atom. The second-order valence-electron chi connectivity index (χ2n) is 13.9. The van der Waals surface area contributed by atoms with Gasteiger partial charge in [0.1, 0.15) is 6.10 Å². The Labute approximate surface area is 268 Å². The van der Waals surface area contributed by atoms with Crippen molar-refractivity contribution >= 4 is 17.7 Å². The lowest BCUT2D eigenvalue weighted by Gasteiger charge is -2.44. The van der Waals surface area contributed by atoms with Crippen molar-refractivity contribution in [1.82, 2.24) is 21.1 Å². The molecule has 2 fully saturated rings. The van der Waals surface area contributed by atoms with Crippen molar-refractivity contribution in [2.75, 3.05) is 26.2 Å². The smallest absolute Gasteiger partial charge is 0.249 e. The van der Waals surface area contributed by atoms with Gasteiger partial charge in [-0.05, 0) is 58.8 Å². The number of amides is 3. The van der Waals surface area contributed by atoms with Crippen molar-refractivity contribution in [3.63, 3.8) is 0 Å². The first-order valence-corrected chi connectivity index (χ1v) is 17.6. The summed E-state index contributed by atoms with van der Waals surface area (Å²) < 4.78 is 11.6. The van der Waals surface area contributed by atoms with Crippen molar-refractivity contribution in [3.05, 3.63) is 12.2 Å². The van der Waals surface area contributed by atoms with Gasteiger partial charge in [-0.2, -0.15) is 0 Å². The number of unbranched alkanes of at least 4 members (excludes halogenated alkanes) is 11. The van der Waals surface area contributed by atoms with Gasteiger partial charge in [0.25, 0.3) is 0 Å². The number of piperidine rings is 1. The Hall–Kier alpha value is -1.97. The summed E-state index contributed by atoms with van der Waals surface area (Å²) in [7, 11) is 0. The molecule has 2 saturated heterocycles. The zero-order chi connectivity index (χ0) is 32.3. The molecule has 0 saturated carbocycles. The second-order valence-corrected chi connectivity index (χ2v) is 13.9. The number of carbonyl (C=O) groups is 3. The first-order chi connectivity index (χ1) is 21.0. The SMILES string of the molecule is CCCCCCCC/C=C/CCCCCCCC(=O)NN1CCCC(NC(=O)CCNC(=O)C2OC(C)(C)OCC2(C)C)C1. The highest BCUT2D eigenvalue weighted by Crippen LogP contribution is 2.34. The largest absolute Gasteiger partial charge is 0.353 e. The molecule has 0 spiro atoms. The van der Waals surface area contributed by atoms with Gasteiger partial charge in [-0.1, -0.05) is 84.3 Å². The molecule has 0 aromatic heterocycles. The third-order valence-corrected chi connectivity index (χ3v) is 8.53. The lowest BCUT2D eigenvalue weighted by molar-refractivity contribution is -0.304. The molecule has 0 bridgehead atoms. The normalized spacial score (nSPS) is 21.7. The van der Waals surface area contributed by atoms with E-state index in [1.54, 1.807) is 13.8 Å². The lowest BCUT2D eigenvalue weighted by Crippen LogP contribution is -2.56. The summed E-state index contributed by atoms with van der Waals surface area (Å²) in [6.45, 7) is 11.8. The molecular formula is C35H64N4O5. The molecule has 0 aliphatic carbocycles. The summed E-state index contributed by atoms with van der Waals surface area (Å²) >= 11 is 0. The fourth-order valence-electron chi connectivity index (χ4n) is 5.80. The van der Waals surface area contributed by atoms with E-state index in [0.717, 1.165) is 32.2 Å². The molecule has 0 aromatic carbocycles.